The van der Waals surface area contributed by atoms with Gasteiger partial charge in [0.1, 0.15) is 0 Å². The molecule has 0 spiro atoms. The Morgan fingerprint density at radius 2 is 0.625 bits per heavy atom. The van der Waals surface area contributed by atoms with Gasteiger partial charge in [-0.3, -0.25) is 0 Å². The highest BCUT2D eigenvalue weighted by Crippen LogP contribution is 2.47. The van der Waals surface area contributed by atoms with Crippen molar-refractivity contribution in [3.63, 3.8) is 0 Å². The second kappa shape index (κ2) is 16.3. The Bertz CT molecular complexity index is 2880. The van der Waals surface area contributed by atoms with E-state index >= 15 is 0 Å². The van der Waals surface area contributed by atoms with Crippen molar-refractivity contribution in [1.29, 1.82) is 0 Å². The molecule has 0 saturated carbocycles. The molecule has 0 heterocycles. The molecule has 10 aromatic rings. The van der Waals surface area contributed by atoms with Crippen molar-refractivity contribution >= 4 is 43.1 Å². The molecular formula is C56H46. The van der Waals surface area contributed by atoms with Crippen LogP contribution in [0.2, 0.25) is 0 Å². The first-order valence-electron chi connectivity index (χ1n) is 20.0. The van der Waals surface area contributed by atoms with Gasteiger partial charge in [-0.2, -0.15) is 0 Å². The van der Waals surface area contributed by atoms with E-state index in [1.54, 1.807) is 0 Å². The Balaban J connectivity index is 0.00000107. The van der Waals surface area contributed by atoms with Crippen LogP contribution in [0, 0.1) is 0 Å². The summed E-state index contributed by atoms with van der Waals surface area (Å²) in [4.78, 5) is 0. The van der Waals surface area contributed by atoms with Crippen LogP contribution < -0.4 is 0 Å². The van der Waals surface area contributed by atoms with Gasteiger partial charge in [0.25, 0.3) is 0 Å². The minimum atomic E-state index is 1.21. The highest BCUT2D eigenvalue weighted by molar-refractivity contribution is 6.22. The van der Waals surface area contributed by atoms with Gasteiger partial charge in [0.2, 0.25) is 0 Å². The quantitative estimate of drug-likeness (QED) is 0.123. The predicted octanol–water partition coefficient (Wildman–Crippen LogP) is 16.7. The molecule has 0 bridgehead atoms. The number of hydrogen-bond donors (Lipinski definition) is 0. The third-order valence-electron chi connectivity index (χ3n) is 10.7. The molecule has 0 nitrogen and oxygen atoms in total. The summed E-state index contributed by atoms with van der Waals surface area (Å²) in [5.74, 6) is 0. The van der Waals surface area contributed by atoms with Crippen molar-refractivity contribution in [2.45, 2.75) is 27.7 Å². The van der Waals surface area contributed by atoms with Gasteiger partial charge < -0.3 is 0 Å². The smallest absolute Gasteiger partial charge is 0.00261 e. The SMILES string of the molecule is CC.CC.c1ccc(-c2ccccc2-c2ccc(-c3c4ccccc4c(-c4ccccc4)c4ccccc34)cc2-c2cc3ccccc3c3ccccc23)cc1. The standard InChI is InChI=1S/C52H34.2C2H6/c1-3-17-35(18-4-1)39-22-9-10-24-41(39)44-32-31-38(34-50(44)49-33-37-21-7-8-23-40(37)42-25-11-12-26-43(42)49)52-47-29-15-13-27-45(47)51(36-19-5-2-6-20-36)46-28-14-16-30-48(46)52;2*1-2/h1-34H;2*1-2H3. The molecule has 10 rings (SSSR count). The summed E-state index contributed by atoms with van der Waals surface area (Å²) < 4.78 is 0. The molecule has 0 heteroatoms. The average molecular weight is 719 g/mol. The van der Waals surface area contributed by atoms with Gasteiger partial charge >= 0.3 is 0 Å². The van der Waals surface area contributed by atoms with Gasteiger partial charge in [-0.25, -0.2) is 0 Å². The molecule has 0 saturated heterocycles. The summed E-state index contributed by atoms with van der Waals surface area (Å²) in [6.07, 6.45) is 0. The van der Waals surface area contributed by atoms with Gasteiger partial charge in [-0.1, -0.05) is 222 Å². The zero-order valence-electron chi connectivity index (χ0n) is 32.6. The molecule has 0 aliphatic carbocycles. The van der Waals surface area contributed by atoms with Crippen LogP contribution in [0.5, 0.6) is 0 Å². The van der Waals surface area contributed by atoms with E-state index in [1.807, 2.05) is 27.7 Å². The zero-order valence-corrected chi connectivity index (χ0v) is 32.6. The van der Waals surface area contributed by atoms with Gasteiger partial charge in [-0.05, 0) is 111 Å². The molecule has 0 aromatic heterocycles. The second-order valence-corrected chi connectivity index (χ2v) is 13.6. The van der Waals surface area contributed by atoms with Crippen molar-refractivity contribution in [3.05, 3.63) is 206 Å². The normalized spacial score (nSPS) is 10.9. The number of rotatable bonds is 5. The summed E-state index contributed by atoms with van der Waals surface area (Å²) in [7, 11) is 0. The van der Waals surface area contributed by atoms with E-state index in [0.29, 0.717) is 0 Å². The van der Waals surface area contributed by atoms with Crippen molar-refractivity contribution < 1.29 is 0 Å². The molecule has 0 fully saturated rings. The lowest BCUT2D eigenvalue weighted by Crippen LogP contribution is -1.94. The Kier molecular flexibility index (Phi) is 10.6. The first-order chi connectivity index (χ1) is 27.8. The van der Waals surface area contributed by atoms with E-state index < -0.39 is 0 Å². The van der Waals surface area contributed by atoms with Crippen LogP contribution in [0.4, 0.5) is 0 Å². The average Bonchev–Trinajstić information content (AvgIpc) is 3.29. The molecule has 0 N–H and O–H groups in total. The molecule has 0 atom stereocenters. The zero-order chi connectivity index (χ0) is 38.4. The largest absolute Gasteiger partial charge is 0.0683 e. The van der Waals surface area contributed by atoms with Crippen LogP contribution in [-0.2, 0) is 0 Å². The Hall–Kier alpha value is -6.76. The fourth-order valence-electron chi connectivity index (χ4n) is 8.38. The molecule has 0 aliphatic heterocycles. The maximum atomic E-state index is 2.46. The second-order valence-electron chi connectivity index (χ2n) is 13.6. The lowest BCUT2D eigenvalue weighted by molar-refractivity contribution is 1.50. The minimum Gasteiger partial charge on any atom is -0.0683 e. The topological polar surface area (TPSA) is 0 Å². The van der Waals surface area contributed by atoms with Crippen LogP contribution in [0.15, 0.2) is 206 Å². The lowest BCUT2D eigenvalue weighted by Gasteiger charge is -2.21. The summed E-state index contributed by atoms with van der Waals surface area (Å²) in [6, 6.07) is 75.6. The number of benzene rings is 10. The molecular weight excluding hydrogens is 673 g/mol. The van der Waals surface area contributed by atoms with E-state index in [1.165, 1.54) is 98.7 Å². The first kappa shape index (κ1) is 36.2. The van der Waals surface area contributed by atoms with Gasteiger partial charge in [-0.15, -0.1) is 0 Å². The van der Waals surface area contributed by atoms with E-state index in [2.05, 4.69) is 206 Å². The molecule has 0 unspecified atom stereocenters. The van der Waals surface area contributed by atoms with Crippen LogP contribution in [0.1, 0.15) is 27.7 Å². The lowest BCUT2D eigenvalue weighted by atomic mass is 9.82. The molecule has 0 radical (unpaired) electrons. The van der Waals surface area contributed by atoms with Gasteiger partial charge in [0.05, 0.1) is 0 Å². The fourth-order valence-corrected chi connectivity index (χ4v) is 8.38. The van der Waals surface area contributed by atoms with Crippen LogP contribution in [0.25, 0.3) is 98.7 Å². The van der Waals surface area contributed by atoms with Crippen molar-refractivity contribution in [2.75, 3.05) is 0 Å². The maximum Gasteiger partial charge on any atom is -0.00261 e. The van der Waals surface area contributed by atoms with Crippen molar-refractivity contribution in [1.82, 2.24) is 0 Å². The Morgan fingerprint density at radius 3 is 1.21 bits per heavy atom. The van der Waals surface area contributed by atoms with Crippen LogP contribution in [-0.4, -0.2) is 0 Å². The van der Waals surface area contributed by atoms with Crippen molar-refractivity contribution in [3.8, 4) is 55.6 Å². The summed E-state index contributed by atoms with van der Waals surface area (Å²) in [5, 5.41) is 10.1. The van der Waals surface area contributed by atoms with Crippen LogP contribution in [0.3, 0.4) is 0 Å². The molecule has 0 amide bonds. The third kappa shape index (κ3) is 6.44. The molecule has 270 valence electrons. The summed E-state index contributed by atoms with van der Waals surface area (Å²) in [6.45, 7) is 8.00. The molecule has 56 heavy (non-hydrogen) atoms. The predicted molar refractivity (Wildman–Crippen MR) is 246 cm³/mol. The molecule has 0 aliphatic rings. The highest BCUT2D eigenvalue weighted by atomic mass is 14.2. The van der Waals surface area contributed by atoms with Gasteiger partial charge in [0.15, 0.2) is 0 Å². The Morgan fingerprint density at radius 1 is 0.214 bits per heavy atom. The van der Waals surface area contributed by atoms with E-state index in [-0.39, 0.29) is 0 Å². The van der Waals surface area contributed by atoms with Crippen molar-refractivity contribution in [2.24, 2.45) is 0 Å². The first-order valence-corrected chi connectivity index (χ1v) is 20.0. The van der Waals surface area contributed by atoms with Gasteiger partial charge in [0, 0.05) is 0 Å². The number of hydrogen-bond acceptors (Lipinski definition) is 0. The van der Waals surface area contributed by atoms with E-state index in [4.69, 9.17) is 0 Å². The Labute approximate surface area is 331 Å². The summed E-state index contributed by atoms with van der Waals surface area (Å²) in [5.41, 5.74) is 12.3. The minimum absolute atomic E-state index is 1.21. The van der Waals surface area contributed by atoms with E-state index in [9.17, 15) is 0 Å². The highest BCUT2D eigenvalue weighted by Gasteiger charge is 2.20. The summed E-state index contributed by atoms with van der Waals surface area (Å²) >= 11 is 0. The third-order valence-corrected chi connectivity index (χ3v) is 10.7. The van der Waals surface area contributed by atoms with E-state index in [0.717, 1.165) is 0 Å². The number of fused-ring (bicyclic) bond motifs is 5. The van der Waals surface area contributed by atoms with Crippen LogP contribution >= 0.6 is 0 Å². The monoisotopic (exact) mass is 718 g/mol. The maximum absolute atomic E-state index is 2.46. The molecule has 10 aromatic carbocycles. The fraction of sp³-hybridized carbons (Fsp3) is 0.0714.